The van der Waals surface area contributed by atoms with Gasteiger partial charge in [0.2, 0.25) is 23.5 Å². The first-order valence-electron chi connectivity index (χ1n) is 11.2. The molecule has 11 nitrogen and oxygen atoms in total. The maximum absolute atomic E-state index is 12.5. The highest BCUT2D eigenvalue weighted by molar-refractivity contribution is 6.00. The van der Waals surface area contributed by atoms with Crippen molar-refractivity contribution >= 4 is 22.9 Å². The molecule has 1 aliphatic rings. The van der Waals surface area contributed by atoms with E-state index >= 15 is 0 Å². The van der Waals surface area contributed by atoms with Gasteiger partial charge in [-0.25, -0.2) is 14.8 Å². The molecule has 1 atom stereocenters. The summed E-state index contributed by atoms with van der Waals surface area (Å²) in [6.07, 6.45) is 3.86. The van der Waals surface area contributed by atoms with Crippen LogP contribution in [0.15, 0.2) is 74.8 Å². The first-order valence-corrected chi connectivity index (χ1v) is 11.2. The lowest BCUT2D eigenvalue weighted by Gasteiger charge is -2.21. The van der Waals surface area contributed by atoms with Crippen molar-refractivity contribution in [2.75, 3.05) is 0 Å². The molecule has 3 aromatic heterocycles. The van der Waals surface area contributed by atoms with E-state index in [1.807, 2.05) is 30.3 Å². The minimum absolute atomic E-state index is 0.151. The van der Waals surface area contributed by atoms with Gasteiger partial charge in [0.05, 0.1) is 17.6 Å². The first-order chi connectivity index (χ1) is 17.5. The lowest BCUT2D eigenvalue weighted by atomic mass is 10.1. The molecule has 1 saturated heterocycles. The third-order valence-electron chi connectivity index (χ3n) is 6.02. The first kappa shape index (κ1) is 21.6. The van der Waals surface area contributed by atoms with Crippen LogP contribution in [0.2, 0.25) is 0 Å². The van der Waals surface area contributed by atoms with Crippen LogP contribution in [-0.2, 0) is 16.0 Å². The Bertz CT molecular complexity index is 1670. The number of aromatic nitrogens is 5. The van der Waals surface area contributed by atoms with Gasteiger partial charge in [0.25, 0.3) is 0 Å². The van der Waals surface area contributed by atoms with Crippen LogP contribution in [0.3, 0.4) is 0 Å². The zero-order valence-electron chi connectivity index (χ0n) is 18.7. The second kappa shape index (κ2) is 8.69. The Balaban J connectivity index is 1.28. The molecule has 2 aromatic carbocycles. The van der Waals surface area contributed by atoms with Crippen LogP contribution in [-0.4, -0.2) is 36.5 Å². The van der Waals surface area contributed by atoms with Gasteiger partial charge in [-0.1, -0.05) is 29.4 Å². The molecule has 0 radical (unpaired) electrons. The van der Waals surface area contributed by atoms with Gasteiger partial charge >= 0.3 is 5.76 Å². The summed E-state index contributed by atoms with van der Waals surface area (Å²) in [5.41, 5.74) is 4.06. The van der Waals surface area contributed by atoms with Gasteiger partial charge in [0.15, 0.2) is 5.58 Å². The zero-order chi connectivity index (χ0) is 24.6. The van der Waals surface area contributed by atoms with E-state index in [-0.39, 0.29) is 18.7 Å². The largest absolute Gasteiger partial charge is 0.420 e. The third kappa shape index (κ3) is 3.96. The molecular weight excluding hydrogens is 464 g/mol. The molecule has 1 N–H and O–H groups in total. The fourth-order valence-electron chi connectivity index (χ4n) is 4.31. The number of nitrogens with zero attached hydrogens (tertiary/aromatic N) is 5. The number of imide groups is 1. The molecule has 4 heterocycles. The molecule has 0 saturated carbocycles. The normalized spacial score (nSPS) is 15.8. The fourth-order valence-corrected chi connectivity index (χ4v) is 4.31. The minimum Gasteiger partial charge on any atom is -0.408 e. The predicted octanol–water partition coefficient (Wildman–Crippen LogP) is 2.67. The van der Waals surface area contributed by atoms with Gasteiger partial charge in [0, 0.05) is 23.7 Å². The molecule has 1 unspecified atom stereocenters. The smallest absolute Gasteiger partial charge is 0.408 e. The number of benzene rings is 2. The number of amides is 2. The number of rotatable bonds is 5. The summed E-state index contributed by atoms with van der Waals surface area (Å²) in [7, 11) is 0. The SMILES string of the molecule is O=C1CCC(n2c(=O)oc3ccc(Cc4nc(-c5cccc(-c6ccncn6)c5)no4)cc32)C(=O)N1. The lowest BCUT2D eigenvalue weighted by Crippen LogP contribution is -2.43. The van der Waals surface area contributed by atoms with Crippen LogP contribution in [0.4, 0.5) is 0 Å². The van der Waals surface area contributed by atoms with Crippen molar-refractivity contribution in [3.8, 4) is 22.6 Å². The number of carbonyl (C=O) groups is 2. The van der Waals surface area contributed by atoms with Gasteiger partial charge in [-0.05, 0) is 36.2 Å². The Morgan fingerprint density at radius 3 is 2.78 bits per heavy atom. The number of piperidine rings is 1. The average Bonchev–Trinajstić information content (AvgIpc) is 3.48. The summed E-state index contributed by atoms with van der Waals surface area (Å²) in [5, 5.41) is 6.39. The molecule has 178 valence electrons. The van der Waals surface area contributed by atoms with Crippen LogP contribution >= 0.6 is 0 Å². The number of fused-ring (bicyclic) bond motifs is 1. The molecule has 2 amide bonds. The molecule has 5 aromatic rings. The molecule has 0 spiro atoms. The highest BCUT2D eigenvalue weighted by atomic mass is 16.5. The maximum Gasteiger partial charge on any atom is 0.420 e. The van der Waals surface area contributed by atoms with Gasteiger partial charge in [0.1, 0.15) is 12.4 Å². The van der Waals surface area contributed by atoms with Crippen LogP contribution in [0.1, 0.15) is 30.3 Å². The average molecular weight is 482 g/mol. The Hall–Kier alpha value is -4.93. The number of hydrogen-bond donors (Lipinski definition) is 1. The van der Waals surface area contributed by atoms with Crippen molar-refractivity contribution in [3.63, 3.8) is 0 Å². The van der Waals surface area contributed by atoms with E-state index < -0.39 is 17.7 Å². The van der Waals surface area contributed by atoms with E-state index in [9.17, 15) is 14.4 Å². The Morgan fingerprint density at radius 2 is 1.94 bits per heavy atom. The van der Waals surface area contributed by atoms with Crippen molar-refractivity contribution in [1.29, 1.82) is 0 Å². The molecule has 1 fully saturated rings. The van der Waals surface area contributed by atoms with E-state index in [1.165, 1.54) is 10.9 Å². The highest BCUT2D eigenvalue weighted by Gasteiger charge is 2.31. The Labute approximate surface area is 202 Å². The monoisotopic (exact) mass is 482 g/mol. The van der Waals surface area contributed by atoms with Gasteiger partial charge in [-0.3, -0.25) is 19.5 Å². The topological polar surface area (TPSA) is 146 Å². The predicted molar refractivity (Wildman–Crippen MR) is 125 cm³/mol. The van der Waals surface area contributed by atoms with E-state index in [0.29, 0.717) is 29.2 Å². The van der Waals surface area contributed by atoms with E-state index in [0.717, 1.165) is 22.4 Å². The van der Waals surface area contributed by atoms with Gasteiger partial charge in [-0.15, -0.1) is 0 Å². The number of carbonyl (C=O) groups excluding carboxylic acids is 2. The van der Waals surface area contributed by atoms with Crippen molar-refractivity contribution in [2.45, 2.75) is 25.3 Å². The summed E-state index contributed by atoms with van der Waals surface area (Å²) < 4.78 is 12.1. The zero-order valence-corrected chi connectivity index (χ0v) is 18.7. The third-order valence-corrected chi connectivity index (χ3v) is 6.02. The van der Waals surface area contributed by atoms with Crippen molar-refractivity contribution in [2.24, 2.45) is 0 Å². The van der Waals surface area contributed by atoms with Gasteiger partial charge < -0.3 is 8.94 Å². The van der Waals surface area contributed by atoms with Crippen LogP contribution < -0.4 is 11.1 Å². The quantitative estimate of drug-likeness (QED) is 0.374. The summed E-state index contributed by atoms with van der Waals surface area (Å²) in [6, 6.07) is 13.9. The summed E-state index contributed by atoms with van der Waals surface area (Å²) in [4.78, 5) is 49.1. The molecular formula is C25H18N6O5. The molecule has 11 heteroatoms. The maximum atomic E-state index is 12.5. The van der Waals surface area contributed by atoms with Crippen LogP contribution in [0, 0.1) is 0 Å². The molecule has 6 rings (SSSR count). The fraction of sp³-hybridized carbons (Fsp3) is 0.160. The second-order valence-corrected chi connectivity index (χ2v) is 8.37. The van der Waals surface area contributed by atoms with E-state index in [2.05, 4.69) is 25.4 Å². The second-order valence-electron chi connectivity index (χ2n) is 8.37. The molecule has 0 aliphatic carbocycles. The lowest BCUT2D eigenvalue weighted by molar-refractivity contribution is -0.135. The minimum atomic E-state index is -0.816. The van der Waals surface area contributed by atoms with Gasteiger partial charge in [-0.2, -0.15) is 4.98 Å². The number of hydrogen-bond acceptors (Lipinski definition) is 9. The van der Waals surface area contributed by atoms with Crippen molar-refractivity contribution < 1.29 is 18.5 Å². The summed E-state index contributed by atoms with van der Waals surface area (Å²) >= 11 is 0. The highest BCUT2D eigenvalue weighted by Crippen LogP contribution is 2.26. The van der Waals surface area contributed by atoms with Crippen LogP contribution in [0.5, 0.6) is 0 Å². The summed E-state index contributed by atoms with van der Waals surface area (Å²) in [6.45, 7) is 0. The molecule has 1 aliphatic heterocycles. The van der Waals surface area contributed by atoms with Crippen LogP contribution in [0.25, 0.3) is 33.7 Å². The standard InChI is InChI=1S/C25H18N6O5/c32-21-7-5-18(24(33)28-21)31-19-10-14(4-6-20(19)35-25(31)34)11-22-29-23(30-36-22)16-3-1-2-15(12-16)17-8-9-26-13-27-17/h1-4,6,8-10,12-13,18H,5,7,11H2,(H,28,32,33). The van der Waals surface area contributed by atoms with Crippen molar-refractivity contribution in [1.82, 2.24) is 30.0 Å². The van der Waals surface area contributed by atoms with Crippen molar-refractivity contribution in [3.05, 3.63) is 83.1 Å². The summed E-state index contributed by atoms with van der Waals surface area (Å²) in [5.74, 6) is -0.707. The van der Waals surface area contributed by atoms with E-state index in [4.69, 9.17) is 8.94 Å². The molecule has 0 bridgehead atoms. The number of oxazole rings is 1. The van der Waals surface area contributed by atoms with E-state index in [1.54, 1.807) is 24.4 Å². The number of nitrogens with one attached hydrogen (secondary N) is 1. The molecule has 36 heavy (non-hydrogen) atoms. The Morgan fingerprint density at radius 1 is 1.06 bits per heavy atom. The Kier molecular flexibility index (Phi) is 5.21.